The number of amides is 4. The van der Waals surface area contributed by atoms with Crippen LogP contribution < -0.4 is 10.9 Å². The molecule has 4 amide bonds. The number of nitrogens with one attached hydrogen (secondary N) is 1. The Bertz CT molecular complexity index is 2240. The van der Waals surface area contributed by atoms with Crippen LogP contribution in [0.4, 0.5) is 0 Å². The Morgan fingerprint density at radius 1 is 0.732 bits per heavy atom. The number of benzene rings is 2. The van der Waals surface area contributed by atoms with Gasteiger partial charge in [0, 0.05) is 81.5 Å². The summed E-state index contributed by atoms with van der Waals surface area (Å²) in [6, 6.07) is 21.3. The maximum atomic E-state index is 14.0. The molecule has 0 aliphatic carbocycles. The summed E-state index contributed by atoms with van der Waals surface area (Å²) >= 11 is 0. The molecule has 56 heavy (non-hydrogen) atoms. The number of imide groups is 1. The average Bonchev–Trinajstić information content (AvgIpc) is 3.80. The number of carbonyl (C=O) groups excluding carboxylic acids is 4. The maximum Gasteiger partial charge on any atom is 0.274 e. The van der Waals surface area contributed by atoms with Crippen molar-refractivity contribution in [3.8, 4) is 22.4 Å². The van der Waals surface area contributed by atoms with Crippen molar-refractivity contribution in [3.05, 3.63) is 112 Å². The summed E-state index contributed by atoms with van der Waals surface area (Å²) in [6.45, 7) is 2.65. The fourth-order valence-electron chi connectivity index (χ4n) is 7.50. The Hall–Kier alpha value is -6.04. The molecule has 0 spiro atoms. The minimum absolute atomic E-state index is 0.0111. The molecular formula is C44H47N7O5. The molecule has 2 aliphatic heterocycles. The molecule has 5 aromatic rings. The smallest absolute Gasteiger partial charge is 0.274 e. The average molecular weight is 754 g/mol. The van der Waals surface area contributed by atoms with E-state index in [-0.39, 0.29) is 29.2 Å². The molecule has 2 aliphatic rings. The predicted octanol–water partition coefficient (Wildman–Crippen LogP) is 5.99. The van der Waals surface area contributed by atoms with Crippen molar-refractivity contribution in [3.63, 3.8) is 0 Å². The summed E-state index contributed by atoms with van der Waals surface area (Å²) < 4.78 is 1.56. The van der Waals surface area contributed by atoms with E-state index < -0.39 is 0 Å². The van der Waals surface area contributed by atoms with Crippen LogP contribution in [0.15, 0.2) is 90.1 Å². The maximum absolute atomic E-state index is 14.0. The Morgan fingerprint density at radius 3 is 2.32 bits per heavy atom. The number of hydrogen-bond acceptors (Lipinski definition) is 8. The zero-order valence-electron chi connectivity index (χ0n) is 31.6. The van der Waals surface area contributed by atoms with Crippen molar-refractivity contribution in [1.82, 2.24) is 34.9 Å². The summed E-state index contributed by atoms with van der Waals surface area (Å²) in [6.07, 6.45) is 12.2. The number of aryl methyl sites for hydroxylation is 1. The molecule has 1 N–H and O–H groups in total. The van der Waals surface area contributed by atoms with Crippen molar-refractivity contribution >= 4 is 34.5 Å². The second kappa shape index (κ2) is 18.1. The first kappa shape index (κ1) is 38.2. The number of likely N-dealkylation sites (tertiary alicyclic amines) is 1. The van der Waals surface area contributed by atoms with Gasteiger partial charge in [-0.25, -0.2) is 4.68 Å². The normalized spacial score (nSPS) is 13.8. The highest BCUT2D eigenvalue weighted by Gasteiger charge is 2.28. The van der Waals surface area contributed by atoms with Gasteiger partial charge in [0.25, 0.3) is 5.56 Å². The molecule has 7 rings (SSSR count). The van der Waals surface area contributed by atoms with Gasteiger partial charge in [0.1, 0.15) is 0 Å². The van der Waals surface area contributed by atoms with E-state index in [0.717, 1.165) is 77.2 Å². The zero-order valence-corrected chi connectivity index (χ0v) is 31.6. The number of hydrogen-bond donors (Lipinski definition) is 1. The third-order valence-corrected chi connectivity index (χ3v) is 10.7. The third-order valence-electron chi connectivity index (χ3n) is 10.7. The number of pyridine rings is 2. The van der Waals surface area contributed by atoms with Gasteiger partial charge in [-0.2, -0.15) is 5.10 Å². The summed E-state index contributed by atoms with van der Waals surface area (Å²) in [5, 5.41) is 8.71. The highest BCUT2D eigenvalue weighted by Crippen LogP contribution is 2.29. The summed E-state index contributed by atoms with van der Waals surface area (Å²) in [5.74, 6) is -0.112. The lowest BCUT2D eigenvalue weighted by molar-refractivity contribution is -0.138. The molecule has 1 saturated heterocycles. The SMILES string of the molecule is O=C(CCCCCN1C(=O)CCC1=O)NCCCCCCn1nc(-c2ccc(CC(=O)N3Cc4ccncc4C3)cc2)cc(-c2cccc3ncccc23)c1=O. The van der Waals surface area contributed by atoms with Crippen LogP contribution in [0.1, 0.15) is 80.9 Å². The molecule has 0 bridgehead atoms. The van der Waals surface area contributed by atoms with E-state index in [1.165, 1.54) is 4.90 Å². The molecule has 5 heterocycles. The van der Waals surface area contributed by atoms with Crippen LogP contribution in [0, 0.1) is 0 Å². The highest BCUT2D eigenvalue weighted by atomic mass is 16.2. The number of carbonyl (C=O) groups is 4. The van der Waals surface area contributed by atoms with Gasteiger partial charge in [-0.05, 0) is 72.2 Å². The lowest BCUT2D eigenvalue weighted by atomic mass is 9.99. The van der Waals surface area contributed by atoms with E-state index in [1.807, 2.05) is 77.8 Å². The van der Waals surface area contributed by atoms with E-state index in [0.29, 0.717) is 76.1 Å². The van der Waals surface area contributed by atoms with Crippen molar-refractivity contribution in [2.75, 3.05) is 13.1 Å². The number of aromatic nitrogens is 4. The van der Waals surface area contributed by atoms with Crippen LogP contribution in [-0.4, -0.2) is 66.3 Å². The van der Waals surface area contributed by atoms with Gasteiger partial charge >= 0.3 is 0 Å². The molecule has 288 valence electrons. The van der Waals surface area contributed by atoms with Crippen molar-refractivity contribution < 1.29 is 19.2 Å². The lowest BCUT2D eigenvalue weighted by Crippen LogP contribution is -2.30. The first-order valence-corrected chi connectivity index (χ1v) is 19.7. The largest absolute Gasteiger partial charge is 0.356 e. The first-order chi connectivity index (χ1) is 27.3. The number of unbranched alkanes of at least 4 members (excludes halogenated alkanes) is 5. The molecular weight excluding hydrogens is 707 g/mol. The molecule has 0 unspecified atom stereocenters. The van der Waals surface area contributed by atoms with Crippen LogP contribution in [0.25, 0.3) is 33.3 Å². The van der Waals surface area contributed by atoms with Crippen LogP contribution in [0.5, 0.6) is 0 Å². The second-order valence-electron chi connectivity index (χ2n) is 14.6. The van der Waals surface area contributed by atoms with Gasteiger partial charge in [-0.15, -0.1) is 0 Å². The van der Waals surface area contributed by atoms with E-state index in [2.05, 4.69) is 15.3 Å². The van der Waals surface area contributed by atoms with E-state index in [4.69, 9.17) is 5.10 Å². The third kappa shape index (κ3) is 9.24. The highest BCUT2D eigenvalue weighted by molar-refractivity contribution is 6.01. The Balaban J connectivity index is 0.939. The van der Waals surface area contributed by atoms with Gasteiger partial charge < -0.3 is 10.2 Å². The monoisotopic (exact) mass is 753 g/mol. The fourth-order valence-corrected chi connectivity index (χ4v) is 7.50. The molecule has 12 nitrogen and oxygen atoms in total. The van der Waals surface area contributed by atoms with Crippen LogP contribution in [-0.2, 0) is 45.2 Å². The minimum Gasteiger partial charge on any atom is -0.356 e. The second-order valence-corrected chi connectivity index (χ2v) is 14.6. The zero-order chi connectivity index (χ0) is 38.9. The van der Waals surface area contributed by atoms with Crippen LogP contribution in [0.3, 0.4) is 0 Å². The van der Waals surface area contributed by atoms with E-state index >= 15 is 0 Å². The quantitative estimate of drug-likeness (QED) is 0.0900. The van der Waals surface area contributed by atoms with Gasteiger partial charge in [0.15, 0.2) is 0 Å². The van der Waals surface area contributed by atoms with Gasteiger partial charge in [-0.1, -0.05) is 61.7 Å². The molecule has 3 aromatic heterocycles. The number of fused-ring (bicyclic) bond motifs is 2. The van der Waals surface area contributed by atoms with Gasteiger partial charge in [-0.3, -0.25) is 38.8 Å². The topological polar surface area (TPSA) is 147 Å². The standard InChI is InChI=1S/C44H47N7O5/c52-40(13-4-3-6-24-50-41(53)18-19-42(50)54)47-21-5-1-2-7-25-51-44(56)37(35-10-8-12-38-36(35)11-9-22-46-38)27-39(48-51)32-16-14-31(15-17-32)26-43(55)49-29-33-20-23-45-28-34(33)30-49/h8-12,14-17,20,22-23,27-28H,1-7,13,18-19,21,24-26,29-30H2,(H,47,52). The fraction of sp³-hybridized carbons (Fsp3) is 0.364. The Labute approximate surface area is 326 Å². The van der Waals surface area contributed by atoms with Crippen molar-refractivity contribution in [2.45, 2.75) is 90.3 Å². The molecule has 12 heteroatoms. The van der Waals surface area contributed by atoms with Gasteiger partial charge in [0.2, 0.25) is 23.6 Å². The molecule has 2 aromatic carbocycles. The van der Waals surface area contributed by atoms with Crippen LogP contribution in [0.2, 0.25) is 0 Å². The number of nitrogens with zero attached hydrogens (tertiary/aromatic N) is 6. The first-order valence-electron chi connectivity index (χ1n) is 19.7. The summed E-state index contributed by atoms with van der Waals surface area (Å²) in [4.78, 5) is 74.8. The minimum atomic E-state index is -0.167. The van der Waals surface area contributed by atoms with Crippen molar-refractivity contribution in [2.24, 2.45) is 0 Å². The molecule has 1 fully saturated rings. The lowest BCUT2D eigenvalue weighted by Gasteiger charge is -2.16. The molecule has 0 radical (unpaired) electrons. The van der Waals surface area contributed by atoms with Gasteiger partial charge in [0.05, 0.1) is 23.2 Å². The van der Waals surface area contributed by atoms with E-state index in [9.17, 15) is 24.0 Å². The summed E-state index contributed by atoms with van der Waals surface area (Å²) in [7, 11) is 0. The Kier molecular flexibility index (Phi) is 12.3. The summed E-state index contributed by atoms with van der Waals surface area (Å²) in [5.41, 5.74) is 6.65. The molecule has 0 saturated carbocycles. The number of rotatable bonds is 17. The molecule has 0 atom stereocenters. The van der Waals surface area contributed by atoms with Crippen LogP contribution >= 0.6 is 0 Å². The van der Waals surface area contributed by atoms with E-state index in [1.54, 1.807) is 17.1 Å². The Morgan fingerprint density at radius 2 is 1.50 bits per heavy atom. The van der Waals surface area contributed by atoms with Crippen molar-refractivity contribution in [1.29, 1.82) is 0 Å². The predicted molar refractivity (Wildman–Crippen MR) is 213 cm³/mol.